The van der Waals surface area contributed by atoms with Crippen LogP contribution in [0.3, 0.4) is 0 Å². The van der Waals surface area contributed by atoms with Crippen molar-refractivity contribution in [3.63, 3.8) is 0 Å². The van der Waals surface area contributed by atoms with Crippen LogP contribution in [0, 0.1) is 11.8 Å². The molecule has 0 saturated carbocycles. The van der Waals surface area contributed by atoms with Crippen LogP contribution in [0.2, 0.25) is 0 Å². The van der Waals surface area contributed by atoms with Crippen molar-refractivity contribution in [1.29, 1.82) is 0 Å². The second-order valence-electron chi connectivity index (χ2n) is 8.71. The fraction of sp³-hybridized carbons (Fsp3) is 0.462. The minimum atomic E-state index is -0.298. The normalized spacial score (nSPS) is 18.1. The maximum atomic E-state index is 13.5. The third-order valence-electron chi connectivity index (χ3n) is 6.22. The fourth-order valence-electron chi connectivity index (χ4n) is 4.16. The van der Waals surface area contributed by atoms with Crippen molar-refractivity contribution in [1.82, 2.24) is 10.2 Å². The number of ketones is 1. The van der Waals surface area contributed by atoms with Gasteiger partial charge in [-0.05, 0) is 62.6 Å². The monoisotopic (exact) mass is 422 g/mol. The lowest BCUT2D eigenvalue weighted by Gasteiger charge is -2.31. The Balaban J connectivity index is 1.77. The van der Waals surface area contributed by atoms with Crippen molar-refractivity contribution in [2.45, 2.75) is 52.1 Å². The van der Waals surface area contributed by atoms with Crippen molar-refractivity contribution >= 4 is 11.7 Å². The molecule has 5 heteroatoms. The first-order chi connectivity index (χ1) is 14.9. The molecule has 166 valence electrons. The van der Waals surface area contributed by atoms with Crippen LogP contribution in [-0.2, 0) is 9.59 Å². The molecule has 0 unspecified atom stereocenters. The molecule has 2 aromatic rings. The molecule has 1 aliphatic heterocycles. The van der Waals surface area contributed by atoms with Crippen LogP contribution >= 0.6 is 0 Å². The Morgan fingerprint density at radius 2 is 1.77 bits per heavy atom. The van der Waals surface area contributed by atoms with Crippen LogP contribution in [0.4, 0.5) is 0 Å². The summed E-state index contributed by atoms with van der Waals surface area (Å²) >= 11 is 0. The predicted octanol–water partition coefficient (Wildman–Crippen LogP) is 4.98. The van der Waals surface area contributed by atoms with E-state index in [0.29, 0.717) is 0 Å². The Bertz CT molecular complexity index is 881. The van der Waals surface area contributed by atoms with Gasteiger partial charge in [-0.25, -0.2) is 0 Å². The average molecular weight is 423 g/mol. The number of ether oxygens (including phenoxy) is 1. The molecule has 0 aromatic heterocycles. The van der Waals surface area contributed by atoms with E-state index in [9.17, 15) is 9.59 Å². The van der Waals surface area contributed by atoms with Crippen LogP contribution in [0.1, 0.15) is 51.6 Å². The third-order valence-corrected chi connectivity index (χ3v) is 6.22. The Labute approximate surface area is 185 Å². The molecule has 0 spiro atoms. The van der Waals surface area contributed by atoms with Gasteiger partial charge >= 0.3 is 0 Å². The molecule has 1 N–H and O–H groups in total. The maximum absolute atomic E-state index is 13.5. The lowest BCUT2D eigenvalue weighted by molar-refractivity contribution is -0.140. The Morgan fingerprint density at radius 1 is 1.06 bits per heavy atom. The van der Waals surface area contributed by atoms with Gasteiger partial charge in [0, 0.05) is 18.9 Å². The van der Waals surface area contributed by atoms with Crippen molar-refractivity contribution < 1.29 is 14.3 Å². The summed E-state index contributed by atoms with van der Waals surface area (Å²) in [5, 5.41) is 2.99. The number of benzene rings is 2. The van der Waals surface area contributed by atoms with E-state index in [2.05, 4.69) is 11.4 Å². The number of likely N-dealkylation sites (N-methyl/N-ethyl adjacent to an activating group) is 1. The zero-order valence-corrected chi connectivity index (χ0v) is 19.0. The van der Waals surface area contributed by atoms with E-state index >= 15 is 0 Å². The van der Waals surface area contributed by atoms with Gasteiger partial charge in [0.05, 0.1) is 12.1 Å². The zero-order valence-electron chi connectivity index (χ0n) is 19.0. The first-order valence-corrected chi connectivity index (χ1v) is 11.2. The van der Waals surface area contributed by atoms with E-state index in [1.54, 1.807) is 7.05 Å². The molecule has 0 bridgehead atoms. The van der Waals surface area contributed by atoms with Crippen LogP contribution in [0.5, 0.6) is 11.5 Å². The summed E-state index contributed by atoms with van der Waals surface area (Å²) in [6.45, 7) is 6.63. The lowest BCUT2D eigenvalue weighted by Crippen LogP contribution is -2.41. The number of nitrogens with zero attached hydrogens (tertiary/aromatic N) is 1. The number of Topliss-reactive ketones (excluding diaryl/α,β-unsaturated/α-hetero) is 1. The molecule has 3 rings (SSSR count). The standard InChI is InChI=1S/C26H34N2O3/c1-18(2)23(17-25(29)19(3)27-4)26(30)28-15-9-14-24(28)20-10-8-13-22(16-20)31-21-11-6-5-7-12-21/h5-8,10-13,16,18-19,23-24,27H,9,14-15,17H2,1-4H3/t19-,23-,24-/m0/s1. The van der Waals surface area contributed by atoms with Crippen LogP contribution in [0.25, 0.3) is 0 Å². The molecule has 1 fully saturated rings. The molecule has 31 heavy (non-hydrogen) atoms. The first-order valence-electron chi connectivity index (χ1n) is 11.2. The molecule has 5 nitrogen and oxygen atoms in total. The summed E-state index contributed by atoms with van der Waals surface area (Å²) in [5.74, 6) is 1.53. The molecule has 1 amide bonds. The Hall–Kier alpha value is -2.66. The highest BCUT2D eigenvalue weighted by Crippen LogP contribution is 2.36. The molecule has 3 atom stereocenters. The van der Waals surface area contributed by atoms with Gasteiger partial charge < -0.3 is 15.0 Å². The van der Waals surface area contributed by atoms with Crippen LogP contribution in [0.15, 0.2) is 54.6 Å². The van der Waals surface area contributed by atoms with Gasteiger partial charge in [0.2, 0.25) is 5.91 Å². The van der Waals surface area contributed by atoms with E-state index < -0.39 is 0 Å². The number of para-hydroxylation sites is 1. The van der Waals surface area contributed by atoms with Gasteiger partial charge in [-0.2, -0.15) is 0 Å². The van der Waals surface area contributed by atoms with E-state index in [1.165, 1.54) is 0 Å². The van der Waals surface area contributed by atoms with Gasteiger partial charge in [-0.3, -0.25) is 9.59 Å². The fourth-order valence-corrected chi connectivity index (χ4v) is 4.16. The highest BCUT2D eigenvalue weighted by molar-refractivity contribution is 5.90. The quantitative estimate of drug-likeness (QED) is 0.619. The molecular formula is C26H34N2O3. The minimum Gasteiger partial charge on any atom is -0.457 e. The summed E-state index contributed by atoms with van der Waals surface area (Å²) in [6, 6.07) is 17.5. The molecule has 1 saturated heterocycles. The number of hydrogen-bond acceptors (Lipinski definition) is 4. The van der Waals surface area contributed by atoms with Crippen molar-refractivity contribution in [3.8, 4) is 11.5 Å². The predicted molar refractivity (Wildman–Crippen MR) is 123 cm³/mol. The van der Waals surface area contributed by atoms with Gasteiger partial charge in [-0.15, -0.1) is 0 Å². The highest BCUT2D eigenvalue weighted by Gasteiger charge is 2.36. The number of rotatable bonds is 9. The van der Waals surface area contributed by atoms with Gasteiger partial charge in [-0.1, -0.05) is 44.2 Å². The van der Waals surface area contributed by atoms with Crippen LogP contribution in [-0.4, -0.2) is 36.2 Å². The SMILES string of the molecule is CN[C@@H](C)C(=O)C[C@H](C(=O)N1CCC[C@H]1c1cccc(Oc2ccccc2)c1)C(C)C. The Morgan fingerprint density at radius 3 is 2.45 bits per heavy atom. The van der Waals surface area contributed by atoms with Crippen molar-refractivity contribution in [3.05, 3.63) is 60.2 Å². The molecular weight excluding hydrogens is 388 g/mol. The number of likely N-dealkylation sites (tertiary alicyclic amines) is 1. The average Bonchev–Trinajstić information content (AvgIpc) is 3.27. The van der Waals surface area contributed by atoms with Gasteiger partial charge in [0.25, 0.3) is 0 Å². The molecule has 2 aromatic carbocycles. The Kier molecular flexibility index (Phi) is 7.85. The summed E-state index contributed by atoms with van der Waals surface area (Å²) in [7, 11) is 1.77. The van der Waals surface area contributed by atoms with Gasteiger partial charge in [0.15, 0.2) is 0 Å². The smallest absolute Gasteiger partial charge is 0.226 e. The molecule has 0 radical (unpaired) electrons. The number of hydrogen-bond donors (Lipinski definition) is 1. The lowest BCUT2D eigenvalue weighted by atomic mass is 9.87. The summed E-state index contributed by atoms with van der Waals surface area (Å²) in [4.78, 5) is 28.0. The minimum absolute atomic E-state index is 0.0184. The topological polar surface area (TPSA) is 58.6 Å². The second kappa shape index (κ2) is 10.6. The number of carbonyl (C=O) groups is 2. The first kappa shape index (κ1) is 23.0. The van der Waals surface area contributed by atoms with Crippen LogP contribution < -0.4 is 10.1 Å². The zero-order chi connectivity index (χ0) is 22.4. The molecule has 1 aliphatic rings. The van der Waals surface area contributed by atoms with E-state index in [1.807, 2.05) is 74.2 Å². The summed E-state index contributed by atoms with van der Waals surface area (Å²) in [5.41, 5.74) is 1.08. The van der Waals surface area contributed by atoms with Gasteiger partial charge in [0.1, 0.15) is 17.3 Å². The highest BCUT2D eigenvalue weighted by atomic mass is 16.5. The number of nitrogens with one attached hydrogen (secondary N) is 1. The second-order valence-corrected chi connectivity index (χ2v) is 8.71. The van der Waals surface area contributed by atoms with Crippen molar-refractivity contribution in [2.75, 3.05) is 13.6 Å². The number of carbonyl (C=O) groups excluding carboxylic acids is 2. The molecule has 1 heterocycles. The summed E-state index contributed by atoms with van der Waals surface area (Å²) in [6.07, 6.45) is 2.16. The van der Waals surface area contributed by atoms with Crippen molar-refractivity contribution in [2.24, 2.45) is 11.8 Å². The summed E-state index contributed by atoms with van der Waals surface area (Å²) < 4.78 is 6.00. The molecule has 0 aliphatic carbocycles. The van der Waals surface area contributed by atoms with E-state index in [-0.39, 0.29) is 42.0 Å². The van der Waals surface area contributed by atoms with E-state index in [4.69, 9.17) is 4.74 Å². The largest absolute Gasteiger partial charge is 0.457 e. The van der Waals surface area contributed by atoms with E-state index in [0.717, 1.165) is 36.4 Å². The maximum Gasteiger partial charge on any atom is 0.226 e. The number of amides is 1. The third kappa shape index (κ3) is 5.73.